The van der Waals surface area contributed by atoms with Gasteiger partial charge in [-0.05, 0) is 44.2 Å². The molecule has 0 heterocycles. The van der Waals surface area contributed by atoms with Crippen molar-refractivity contribution in [2.75, 3.05) is 6.54 Å². The lowest BCUT2D eigenvalue weighted by Gasteiger charge is -2.27. The maximum atomic E-state index is 5.03. The van der Waals surface area contributed by atoms with Gasteiger partial charge in [-0.3, -0.25) is 0 Å². The van der Waals surface area contributed by atoms with Gasteiger partial charge in [0.05, 0.1) is 0 Å². The SMILES string of the molecule is CCC.CCC1CCC=CC1c1ccc(C)cc1.CCCN. The zero-order valence-electron chi connectivity index (χ0n) is 15.4. The van der Waals surface area contributed by atoms with Crippen LogP contribution in [0.2, 0.25) is 0 Å². The van der Waals surface area contributed by atoms with E-state index in [1.165, 1.54) is 36.8 Å². The van der Waals surface area contributed by atoms with Crippen molar-refractivity contribution in [3.8, 4) is 0 Å². The molecule has 2 atom stereocenters. The molecule has 2 N–H and O–H groups in total. The van der Waals surface area contributed by atoms with Gasteiger partial charge in [-0.2, -0.15) is 0 Å². The summed E-state index contributed by atoms with van der Waals surface area (Å²) in [5, 5.41) is 0. The highest BCUT2D eigenvalue weighted by atomic mass is 14.5. The van der Waals surface area contributed by atoms with Crippen LogP contribution >= 0.6 is 0 Å². The van der Waals surface area contributed by atoms with Crippen molar-refractivity contribution in [1.82, 2.24) is 0 Å². The number of nitrogens with two attached hydrogens (primary N) is 1. The van der Waals surface area contributed by atoms with Crippen LogP contribution in [0.5, 0.6) is 0 Å². The van der Waals surface area contributed by atoms with E-state index >= 15 is 0 Å². The van der Waals surface area contributed by atoms with Crippen molar-refractivity contribution < 1.29 is 0 Å². The van der Waals surface area contributed by atoms with Gasteiger partial charge < -0.3 is 5.73 Å². The smallest absolute Gasteiger partial charge is 0.00462 e. The third-order valence-corrected chi connectivity index (χ3v) is 3.83. The summed E-state index contributed by atoms with van der Waals surface area (Å²) in [7, 11) is 0. The van der Waals surface area contributed by atoms with Crippen LogP contribution < -0.4 is 5.73 Å². The molecule has 1 aliphatic carbocycles. The van der Waals surface area contributed by atoms with Crippen molar-refractivity contribution in [3.05, 3.63) is 47.5 Å². The van der Waals surface area contributed by atoms with Crippen LogP contribution in [0.15, 0.2) is 36.4 Å². The van der Waals surface area contributed by atoms with Crippen LogP contribution in [0.25, 0.3) is 0 Å². The van der Waals surface area contributed by atoms with E-state index in [0.717, 1.165) is 18.9 Å². The predicted molar refractivity (Wildman–Crippen MR) is 101 cm³/mol. The van der Waals surface area contributed by atoms with Crippen molar-refractivity contribution in [1.29, 1.82) is 0 Å². The second kappa shape index (κ2) is 13.6. The Labute approximate surface area is 139 Å². The molecule has 126 valence electrons. The fourth-order valence-corrected chi connectivity index (χ4v) is 2.52. The fourth-order valence-electron chi connectivity index (χ4n) is 2.52. The molecule has 1 aromatic carbocycles. The molecule has 0 fully saturated rings. The lowest BCUT2D eigenvalue weighted by Crippen LogP contribution is -2.13. The minimum Gasteiger partial charge on any atom is -0.330 e. The maximum Gasteiger partial charge on any atom is 0.00462 e. The van der Waals surface area contributed by atoms with E-state index in [9.17, 15) is 0 Å². The number of hydrogen-bond donors (Lipinski definition) is 1. The molecule has 0 saturated carbocycles. The molecule has 1 heteroatoms. The molecular formula is C21H37N. The fraction of sp³-hybridized carbons (Fsp3) is 0.619. The molecule has 0 aliphatic heterocycles. The van der Waals surface area contributed by atoms with Gasteiger partial charge >= 0.3 is 0 Å². The van der Waals surface area contributed by atoms with Gasteiger partial charge in [0.2, 0.25) is 0 Å². The maximum absolute atomic E-state index is 5.03. The first-order valence-electron chi connectivity index (χ1n) is 9.07. The minimum absolute atomic E-state index is 0.657. The molecular weight excluding hydrogens is 266 g/mol. The van der Waals surface area contributed by atoms with Gasteiger partial charge in [-0.15, -0.1) is 0 Å². The van der Waals surface area contributed by atoms with Crippen LogP contribution in [0.3, 0.4) is 0 Å². The molecule has 2 unspecified atom stereocenters. The Morgan fingerprint density at radius 1 is 1.05 bits per heavy atom. The zero-order valence-corrected chi connectivity index (χ0v) is 15.4. The number of benzene rings is 1. The normalized spacial score (nSPS) is 19.5. The summed E-state index contributed by atoms with van der Waals surface area (Å²) in [4.78, 5) is 0. The molecule has 0 bridgehead atoms. The first-order chi connectivity index (χ1) is 10.6. The van der Waals surface area contributed by atoms with Gasteiger partial charge in [0.15, 0.2) is 0 Å². The van der Waals surface area contributed by atoms with Gasteiger partial charge in [0.1, 0.15) is 0 Å². The lowest BCUT2D eigenvalue weighted by atomic mass is 9.78. The third kappa shape index (κ3) is 8.38. The summed E-state index contributed by atoms with van der Waals surface area (Å²) in [5.41, 5.74) is 7.87. The van der Waals surface area contributed by atoms with E-state index in [2.05, 4.69) is 71.0 Å². The van der Waals surface area contributed by atoms with Gasteiger partial charge in [-0.1, -0.05) is 82.5 Å². The highest BCUT2D eigenvalue weighted by Crippen LogP contribution is 2.35. The van der Waals surface area contributed by atoms with Crippen LogP contribution in [0.1, 0.15) is 76.8 Å². The Balaban J connectivity index is 0.000000537. The molecule has 1 aromatic rings. The second-order valence-electron chi connectivity index (χ2n) is 6.11. The number of hydrogen-bond acceptors (Lipinski definition) is 1. The Morgan fingerprint density at radius 2 is 1.59 bits per heavy atom. The lowest BCUT2D eigenvalue weighted by molar-refractivity contribution is 0.416. The monoisotopic (exact) mass is 303 g/mol. The molecule has 22 heavy (non-hydrogen) atoms. The number of rotatable bonds is 3. The van der Waals surface area contributed by atoms with E-state index in [4.69, 9.17) is 5.73 Å². The molecule has 1 nitrogen and oxygen atoms in total. The topological polar surface area (TPSA) is 26.0 Å². The average molecular weight is 304 g/mol. The first kappa shape index (κ1) is 20.9. The quantitative estimate of drug-likeness (QED) is 0.658. The van der Waals surface area contributed by atoms with Crippen molar-refractivity contribution in [2.24, 2.45) is 11.7 Å². The summed E-state index contributed by atoms with van der Waals surface area (Å²) in [6.07, 6.45) is 11.0. The minimum atomic E-state index is 0.657. The van der Waals surface area contributed by atoms with E-state index < -0.39 is 0 Å². The summed E-state index contributed by atoms with van der Waals surface area (Å²) in [6, 6.07) is 9.03. The van der Waals surface area contributed by atoms with Gasteiger partial charge in [-0.25, -0.2) is 0 Å². The van der Waals surface area contributed by atoms with Gasteiger partial charge in [0.25, 0.3) is 0 Å². The summed E-state index contributed by atoms with van der Waals surface area (Å²) in [5.74, 6) is 1.50. The Kier molecular flexibility index (Phi) is 12.9. The molecule has 0 saturated heterocycles. The van der Waals surface area contributed by atoms with Crippen molar-refractivity contribution in [2.45, 2.75) is 72.6 Å². The Hall–Kier alpha value is -1.08. The number of aryl methyl sites for hydroxylation is 1. The molecule has 2 rings (SSSR count). The average Bonchev–Trinajstić information content (AvgIpc) is 2.56. The molecule has 0 spiro atoms. The highest BCUT2D eigenvalue weighted by molar-refractivity contribution is 5.29. The van der Waals surface area contributed by atoms with Crippen LogP contribution in [-0.2, 0) is 0 Å². The Bertz CT molecular complexity index is 375. The van der Waals surface area contributed by atoms with E-state index in [1.54, 1.807) is 0 Å². The largest absolute Gasteiger partial charge is 0.330 e. The first-order valence-corrected chi connectivity index (χ1v) is 9.07. The van der Waals surface area contributed by atoms with E-state index in [-0.39, 0.29) is 0 Å². The van der Waals surface area contributed by atoms with Gasteiger partial charge in [0, 0.05) is 5.92 Å². The Morgan fingerprint density at radius 3 is 2.05 bits per heavy atom. The van der Waals surface area contributed by atoms with Crippen molar-refractivity contribution >= 4 is 0 Å². The summed E-state index contributed by atoms with van der Waals surface area (Å²) in [6.45, 7) is 11.6. The highest BCUT2D eigenvalue weighted by Gasteiger charge is 2.21. The molecule has 1 aliphatic rings. The standard InChI is InChI=1S/C15H20.C3H9N.C3H8/c1-3-13-6-4-5-7-15(13)14-10-8-12(2)9-11-14;1-2-3-4;1-3-2/h5,7-11,13,15H,3-4,6H2,1-2H3;2-4H2,1H3;3H2,1-2H3. The van der Waals surface area contributed by atoms with Crippen LogP contribution in [0, 0.1) is 12.8 Å². The summed E-state index contributed by atoms with van der Waals surface area (Å²) >= 11 is 0. The van der Waals surface area contributed by atoms with E-state index in [0.29, 0.717) is 5.92 Å². The zero-order chi connectivity index (χ0) is 16.8. The van der Waals surface area contributed by atoms with Crippen LogP contribution in [0.4, 0.5) is 0 Å². The second-order valence-corrected chi connectivity index (χ2v) is 6.11. The predicted octanol–water partition coefficient (Wildman–Crippen LogP) is 6.23. The van der Waals surface area contributed by atoms with E-state index in [1.807, 2.05) is 0 Å². The molecule has 0 aromatic heterocycles. The summed E-state index contributed by atoms with van der Waals surface area (Å²) < 4.78 is 0. The third-order valence-electron chi connectivity index (χ3n) is 3.83. The molecule has 0 radical (unpaired) electrons. The van der Waals surface area contributed by atoms with Crippen molar-refractivity contribution in [3.63, 3.8) is 0 Å². The number of allylic oxidation sites excluding steroid dienone is 2. The molecule has 0 amide bonds. The van der Waals surface area contributed by atoms with Crippen LogP contribution in [-0.4, -0.2) is 6.54 Å².